The summed E-state index contributed by atoms with van der Waals surface area (Å²) in [6.45, 7) is 0. The predicted octanol–water partition coefficient (Wildman–Crippen LogP) is 14.1. The van der Waals surface area contributed by atoms with Crippen molar-refractivity contribution in [1.29, 1.82) is 0 Å². The largest absolute Gasteiger partial charge is 0.310 e. The van der Waals surface area contributed by atoms with Crippen LogP contribution in [0, 0.1) is 0 Å². The van der Waals surface area contributed by atoms with Gasteiger partial charge in [-0.15, -0.1) is 0 Å². The highest BCUT2D eigenvalue weighted by Gasteiger charge is 2.19. The van der Waals surface area contributed by atoms with E-state index in [1.165, 1.54) is 66.1 Å². The fraction of sp³-hybridized carbons (Fsp3) is 0. The summed E-state index contributed by atoms with van der Waals surface area (Å²) >= 11 is 0. The standard InChI is InChI=1S/C50H35N/c1-4-14-36(15-5-1)38-24-28-43(29-25-38)51(44-30-26-39(27-31-44)37-16-6-2-7-17-37)45-32-33-48(49(35-45)40-18-8-3-9-19-40)50-46-22-12-10-20-41(46)34-42-21-11-13-23-47(42)50/h1-35H. The molecule has 0 atom stereocenters. The number of nitrogens with zero attached hydrogens (tertiary/aromatic N) is 1. The summed E-state index contributed by atoms with van der Waals surface area (Å²) in [5.41, 5.74) is 13.0. The maximum atomic E-state index is 2.38. The lowest BCUT2D eigenvalue weighted by atomic mass is 9.87. The molecule has 0 saturated carbocycles. The summed E-state index contributed by atoms with van der Waals surface area (Å²) < 4.78 is 0. The number of rotatable bonds is 7. The first-order valence-electron chi connectivity index (χ1n) is 17.5. The highest BCUT2D eigenvalue weighted by atomic mass is 15.1. The second-order valence-corrected chi connectivity index (χ2v) is 13.0. The van der Waals surface area contributed by atoms with Crippen molar-refractivity contribution in [3.05, 3.63) is 212 Å². The third-order valence-electron chi connectivity index (χ3n) is 9.85. The average Bonchev–Trinajstić information content (AvgIpc) is 3.21. The fourth-order valence-electron chi connectivity index (χ4n) is 7.36. The Balaban J connectivity index is 1.25. The third-order valence-corrected chi connectivity index (χ3v) is 9.85. The summed E-state index contributed by atoms with van der Waals surface area (Å²) in [5.74, 6) is 0. The molecule has 0 N–H and O–H groups in total. The molecule has 51 heavy (non-hydrogen) atoms. The molecule has 0 aromatic heterocycles. The van der Waals surface area contributed by atoms with Crippen molar-refractivity contribution < 1.29 is 0 Å². The van der Waals surface area contributed by atoms with Crippen LogP contribution in [0.4, 0.5) is 17.1 Å². The van der Waals surface area contributed by atoms with E-state index >= 15 is 0 Å². The minimum atomic E-state index is 1.10. The number of hydrogen-bond acceptors (Lipinski definition) is 1. The molecule has 9 rings (SSSR count). The lowest BCUT2D eigenvalue weighted by Crippen LogP contribution is -2.10. The predicted molar refractivity (Wildman–Crippen MR) is 218 cm³/mol. The van der Waals surface area contributed by atoms with Crippen molar-refractivity contribution in [2.24, 2.45) is 0 Å². The van der Waals surface area contributed by atoms with Gasteiger partial charge >= 0.3 is 0 Å². The molecule has 0 amide bonds. The molecule has 1 nitrogen and oxygen atoms in total. The number of fused-ring (bicyclic) bond motifs is 2. The minimum absolute atomic E-state index is 1.10. The normalized spacial score (nSPS) is 11.1. The van der Waals surface area contributed by atoms with Gasteiger partial charge < -0.3 is 4.90 Å². The Kier molecular flexibility index (Phi) is 7.92. The smallest absolute Gasteiger partial charge is 0.0468 e. The van der Waals surface area contributed by atoms with Crippen LogP contribution in [0.1, 0.15) is 0 Å². The molecule has 9 aromatic rings. The first kappa shape index (κ1) is 30.4. The molecule has 0 aliphatic heterocycles. The maximum absolute atomic E-state index is 2.38. The Hall–Kier alpha value is -6.70. The Morgan fingerprint density at radius 2 is 0.647 bits per heavy atom. The van der Waals surface area contributed by atoms with Gasteiger partial charge in [-0.2, -0.15) is 0 Å². The average molecular weight is 650 g/mol. The number of hydrogen-bond donors (Lipinski definition) is 0. The van der Waals surface area contributed by atoms with Gasteiger partial charge in [0.1, 0.15) is 0 Å². The summed E-state index contributed by atoms with van der Waals surface area (Å²) in [7, 11) is 0. The van der Waals surface area contributed by atoms with Crippen LogP contribution in [0.3, 0.4) is 0 Å². The van der Waals surface area contributed by atoms with Crippen LogP contribution < -0.4 is 4.90 Å². The number of anilines is 3. The summed E-state index contributed by atoms with van der Waals surface area (Å²) in [6, 6.07) is 76.6. The van der Waals surface area contributed by atoms with Crippen molar-refractivity contribution in [3.63, 3.8) is 0 Å². The zero-order valence-electron chi connectivity index (χ0n) is 28.2. The van der Waals surface area contributed by atoms with Gasteiger partial charge in [0.2, 0.25) is 0 Å². The van der Waals surface area contributed by atoms with E-state index in [0.29, 0.717) is 0 Å². The SMILES string of the molecule is c1ccc(-c2ccc(N(c3ccc(-c4ccccc4)cc3)c3ccc(-c4c5ccccc5cc5ccccc45)c(-c4ccccc4)c3)cc2)cc1. The van der Waals surface area contributed by atoms with Gasteiger partial charge in [-0.05, 0) is 109 Å². The third kappa shape index (κ3) is 5.86. The molecule has 240 valence electrons. The monoisotopic (exact) mass is 649 g/mol. The molecular weight excluding hydrogens is 615 g/mol. The number of benzene rings is 9. The molecule has 0 aliphatic rings. The molecule has 0 radical (unpaired) electrons. The van der Waals surface area contributed by atoms with Gasteiger partial charge in [0.15, 0.2) is 0 Å². The first-order valence-corrected chi connectivity index (χ1v) is 17.5. The van der Waals surface area contributed by atoms with E-state index in [2.05, 4.69) is 217 Å². The second kappa shape index (κ2) is 13.3. The van der Waals surface area contributed by atoms with E-state index < -0.39 is 0 Å². The zero-order valence-corrected chi connectivity index (χ0v) is 28.2. The lowest BCUT2D eigenvalue weighted by molar-refractivity contribution is 1.28. The van der Waals surface area contributed by atoms with Gasteiger partial charge in [-0.25, -0.2) is 0 Å². The Morgan fingerprint density at radius 3 is 1.14 bits per heavy atom. The van der Waals surface area contributed by atoms with Crippen molar-refractivity contribution >= 4 is 38.6 Å². The van der Waals surface area contributed by atoms with E-state index in [1.807, 2.05) is 0 Å². The van der Waals surface area contributed by atoms with Crippen LogP contribution >= 0.6 is 0 Å². The molecule has 0 saturated heterocycles. The fourth-order valence-corrected chi connectivity index (χ4v) is 7.36. The first-order chi connectivity index (χ1) is 25.3. The Bertz CT molecular complexity index is 2450. The topological polar surface area (TPSA) is 3.24 Å². The minimum Gasteiger partial charge on any atom is -0.310 e. The van der Waals surface area contributed by atoms with E-state index in [-0.39, 0.29) is 0 Å². The van der Waals surface area contributed by atoms with E-state index in [4.69, 9.17) is 0 Å². The molecule has 0 heterocycles. The van der Waals surface area contributed by atoms with Crippen LogP contribution in [-0.2, 0) is 0 Å². The molecule has 0 spiro atoms. The highest BCUT2D eigenvalue weighted by Crippen LogP contribution is 2.45. The van der Waals surface area contributed by atoms with E-state index in [9.17, 15) is 0 Å². The van der Waals surface area contributed by atoms with Crippen molar-refractivity contribution in [1.82, 2.24) is 0 Å². The van der Waals surface area contributed by atoms with E-state index in [1.54, 1.807) is 0 Å². The maximum Gasteiger partial charge on any atom is 0.0468 e. The van der Waals surface area contributed by atoms with E-state index in [0.717, 1.165) is 17.1 Å². The molecule has 0 bridgehead atoms. The zero-order chi connectivity index (χ0) is 34.0. The van der Waals surface area contributed by atoms with Gasteiger partial charge in [0.25, 0.3) is 0 Å². The van der Waals surface area contributed by atoms with Crippen LogP contribution in [0.5, 0.6) is 0 Å². The van der Waals surface area contributed by atoms with Gasteiger partial charge in [0.05, 0.1) is 0 Å². The molecule has 0 unspecified atom stereocenters. The molecule has 0 aliphatic carbocycles. The van der Waals surface area contributed by atoms with Gasteiger partial charge in [-0.3, -0.25) is 0 Å². The van der Waals surface area contributed by atoms with Crippen LogP contribution in [-0.4, -0.2) is 0 Å². The molecule has 9 aromatic carbocycles. The molecular formula is C50H35N. The molecule has 0 fully saturated rings. The van der Waals surface area contributed by atoms with Crippen LogP contribution in [0.25, 0.3) is 66.1 Å². The van der Waals surface area contributed by atoms with Crippen molar-refractivity contribution in [2.75, 3.05) is 4.90 Å². The van der Waals surface area contributed by atoms with Crippen molar-refractivity contribution in [2.45, 2.75) is 0 Å². The summed E-state index contributed by atoms with van der Waals surface area (Å²) in [6.07, 6.45) is 0. The summed E-state index contributed by atoms with van der Waals surface area (Å²) in [4.78, 5) is 2.38. The Morgan fingerprint density at radius 1 is 0.255 bits per heavy atom. The van der Waals surface area contributed by atoms with Crippen LogP contribution in [0.2, 0.25) is 0 Å². The lowest BCUT2D eigenvalue weighted by Gasteiger charge is -2.27. The molecule has 1 heteroatoms. The van der Waals surface area contributed by atoms with Crippen molar-refractivity contribution in [3.8, 4) is 44.5 Å². The quantitative estimate of drug-likeness (QED) is 0.155. The van der Waals surface area contributed by atoms with Crippen LogP contribution in [0.15, 0.2) is 212 Å². The second-order valence-electron chi connectivity index (χ2n) is 13.0. The Labute approximate surface area is 299 Å². The summed E-state index contributed by atoms with van der Waals surface area (Å²) in [5, 5.41) is 5.00. The van der Waals surface area contributed by atoms with Gasteiger partial charge in [0, 0.05) is 17.1 Å². The van der Waals surface area contributed by atoms with Gasteiger partial charge in [-0.1, -0.05) is 170 Å². The highest BCUT2D eigenvalue weighted by molar-refractivity contribution is 6.14.